The number of nitrogens with one attached hydrogen (secondary N) is 1. The van der Waals surface area contributed by atoms with E-state index < -0.39 is 29.6 Å². The van der Waals surface area contributed by atoms with Gasteiger partial charge in [-0.15, -0.1) is 0 Å². The number of amides is 2. The van der Waals surface area contributed by atoms with Gasteiger partial charge < -0.3 is 20.7 Å². The van der Waals surface area contributed by atoms with E-state index >= 15 is 0 Å². The van der Waals surface area contributed by atoms with E-state index in [9.17, 15) is 22.8 Å². The first-order chi connectivity index (χ1) is 15.3. The standard InChI is InChI=1S/C22H29F3N4O3/c23-22(24,25)17-10-16(28-8-9-32-13-20(28)30)6-7-18(17)27-21(31)19(11-26)29(15-4-5-15)12-14-2-1-3-14/h6-7,10,14-15,19H,1-5,8-9,11-13,26H2,(H,27,31)/t19-/m1/s1. The van der Waals surface area contributed by atoms with Gasteiger partial charge in [0.15, 0.2) is 0 Å². The monoisotopic (exact) mass is 454 g/mol. The number of morpholine rings is 1. The number of benzene rings is 1. The number of carbonyl (C=O) groups is 2. The zero-order valence-electron chi connectivity index (χ0n) is 17.9. The Labute approximate surface area is 185 Å². The van der Waals surface area contributed by atoms with Gasteiger partial charge in [-0.25, -0.2) is 0 Å². The highest BCUT2D eigenvalue weighted by atomic mass is 19.4. The third kappa shape index (κ3) is 5.07. The molecule has 10 heteroatoms. The molecule has 3 N–H and O–H groups in total. The van der Waals surface area contributed by atoms with Crippen molar-refractivity contribution in [3.8, 4) is 0 Å². The van der Waals surface area contributed by atoms with Crippen molar-refractivity contribution < 1.29 is 27.5 Å². The van der Waals surface area contributed by atoms with Crippen LogP contribution in [0.1, 0.15) is 37.7 Å². The molecule has 0 unspecified atom stereocenters. The van der Waals surface area contributed by atoms with Crippen LogP contribution in [0.4, 0.5) is 24.5 Å². The molecule has 1 aromatic rings. The number of alkyl halides is 3. The van der Waals surface area contributed by atoms with E-state index in [-0.39, 0.29) is 43.7 Å². The fourth-order valence-corrected chi connectivity index (χ4v) is 4.35. The Balaban J connectivity index is 1.54. The van der Waals surface area contributed by atoms with Crippen LogP contribution in [0.25, 0.3) is 0 Å². The van der Waals surface area contributed by atoms with Crippen molar-refractivity contribution in [2.75, 3.05) is 43.1 Å². The highest BCUT2D eigenvalue weighted by Crippen LogP contribution is 2.38. The molecular weight excluding hydrogens is 425 g/mol. The molecule has 3 aliphatic rings. The minimum Gasteiger partial charge on any atom is -0.370 e. The number of hydrogen-bond acceptors (Lipinski definition) is 5. The van der Waals surface area contributed by atoms with Crippen molar-refractivity contribution in [1.29, 1.82) is 0 Å². The van der Waals surface area contributed by atoms with Gasteiger partial charge in [0.2, 0.25) is 5.91 Å². The maximum Gasteiger partial charge on any atom is 0.418 e. The number of nitrogens with zero attached hydrogens (tertiary/aromatic N) is 2. The summed E-state index contributed by atoms with van der Waals surface area (Å²) in [7, 11) is 0. The van der Waals surface area contributed by atoms with Crippen molar-refractivity contribution in [3.05, 3.63) is 23.8 Å². The maximum atomic E-state index is 13.8. The van der Waals surface area contributed by atoms with Gasteiger partial charge in [0, 0.05) is 31.4 Å². The molecule has 0 aromatic heterocycles. The highest BCUT2D eigenvalue weighted by Gasteiger charge is 2.40. The summed E-state index contributed by atoms with van der Waals surface area (Å²) in [6, 6.07) is 3.12. The molecular formula is C22H29F3N4O3. The zero-order chi connectivity index (χ0) is 22.9. The number of nitrogens with two attached hydrogens (primary N) is 1. The Morgan fingerprint density at radius 1 is 1.28 bits per heavy atom. The van der Waals surface area contributed by atoms with Gasteiger partial charge in [-0.2, -0.15) is 13.2 Å². The minimum absolute atomic E-state index is 0.0385. The summed E-state index contributed by atoms with van der Waals surface area (Å²) >= 11 is 0. The maximum absolute atomic E-state index is 13.8. The Bertz CT molecular complexity index is 855. The molecule has 2 saturated carbocycles. The second-order valence-electron chi connectivity index (χ2n) is 8.79. The van der Waals surface area contributed by atoms with E-state index in [1.54, 1.807) is 0 Å². The molecule has 0 radical (unpaired) electrons. The van der Waals surface area contributed by atoms with E-state index in [1.165, 1.54) is 23.5 Å². The van der Waals surface area contributed by atoms with Crippen molar-refractivity contribution in [1.82, 2.24) is 4.90 Å². The molecule has 4 rings (SSSR count). The fraction of sp³-hybridized carbons (Fsp3) is 0.636. The van der Waals surface area contributed by atoms with Crippen LogP contribution in [0.5, 0.6) is 0 Å². The van der Waals surface area contributed by atoms with Crippen molar-refractivity contribution >= 4 is 23.2 Å². The second-order valence-corrected chi connectivity index (χ2v) is 8.79. The first-order valence-electron chi connectivity index (χ1n) is 11.1. The lowest BCUT2D eigenvalue weighted by Gasteiger charge is -2.36. The molecule has 1 atom stereocenters. The van der Waals surface area contributed by atoms with Crippen LogP contribution in [0.3, 0.4) is 0 Å². The molecule has 2 aliphatic carbocycles. The van der Waals surface area contributed by atoms with Crippen molar-refractivity contribution in [2.24, 2.45) is 11.7 Å². The molecule has 0 spiro atoms. The number of ether oxygens (including phenoxy) is 1. The Hall–Kier alpha value is -2.17. The van der Waals surface area contributed by atoms with E-state index in [0.717, 1.165) is 38.3 Å². The lowest BCUT2D eigenvalue weighted by molar-refractivity contribution is -0.137. The van der Waals surface area contributed by atoms with Gasteiger partial charge in [0.25, 0.3) is 5.91 Å². The van der Waals surface area contributed by atoms with Crippen molar-refractivity contribution in [2.45, 2.75) is 50.4 Å². The number of hydrogen-bond donors (Lipinski definition) is 2. The summed E-state index contributed by atoms with van der Waals surface area (Å²) in [5, 5.41) is 2.47. The first kappa shape index (κ1) is 23.0. The number of halogens is 3. The minimum atomic E-state index is -4.70. The normalized spacial score (nSPS) is 20.9. The Morgan fingerprint density at radius 2 is 2.03 bits per heavy atom. The molecule has 2 amide bonds. The Morgan fingerprint density at radius 3 is 2.59 bits per heavy atom. The molecule has 1 aromatic carbocycles. The second kappa shape index (κ2) is 9.36. The zero-order valence-corrected chi connectivity index (χ0v) is 17.9. The Kier molecular flexibility index (Phi) is 6.73. The van der Waals surface area contributed by atoms with Gasteiger partial charge in [-0.1, -0.05) is 6.42 Å². The summed E-state index contributed by atoms with van der Waals surface area (Å²) in [6.45, 7) is 1.05. The van der Waals surface area contributed by atoms with Crippen LogP contribution in [0.2, 0.25) is 0 Å². The molecule has 176 valence electrons. The molecule has 1 saturated heterocycles. The predicted molar refractivity (Wildman–Crippen MR) is 113 cm³/mol. The van der Waals surface area contributed by atoms with Crippen molar-refractivity contribution in [3.63, 3.8) is 0 Å². The van der Waals surface area contributed by atoms with Gasteiger partial charge in [-0.05, 0) is 49.8 Å². The third-order valence-corrected chi connectivity index (χ3v) is 6.50. The topological polar surface area (TPSA) is 87.9 Å². The quantitative estimate of drug-likeness (QED) is 0.631. The molecule has 7 nitrogen and oxygen atoms in total. The van der Waals surface area contributed by atoms with Crippen LogP contribution < -0.4 is 16.0 Å². The lowest BCUT2D eigenvalue weighted by atomic mass is 9.84. The summed E-state index contributed by atoms with van der Waals surface area (Å²) in [6.07, 6.45) is 0.660. The first-order valence-corrected chi connectivity index (χ1v) is 11.1. The number of anilines is 2. The lowest BCUT2D eigenvalue weighted by Crippen LogP contribution is -2.52. The van der Waals surface area contributed by atoms with E-state index in [0.29, 0.717) is 5.92 Å². The molecule has 1 heterocycles. The van der Waals surface area contributed by atoms with Crippen LogP contribution in [0, 0.1) is 5.92 Å². The van der Waals surface area contributed by atoms with E-state index in [4.69, 9.17) is 10.5 Å². The van der Waals surface area contributed by atoms with E-state index in [1.807, 2.05) is 0 Å². The van der Waals surface area contributed by atoms with Crippen LogP contribution in [-0.4, -0.2) is 61.6 Å². The predicted octanol–water partition coefficient (Wildman–Crippen LogP) is 2.60. The summed E-state index contributed by atoms with van der Waals surface area (Å²) in [4.78, 5) is 28.4. The van der Waals surface area contributed by atoms with Gasteiger partial charge in [0.05, 0.1) is 17.9 Å². The van der Waals surface area contributed by atoms with E-state index in [2.05, 4.69) is 10.2 Å². The van der Waals surface area contributed by atoms with Crippen LogP contribution in [0.15, 0.2) is 18.2 Å². The number of rotatable bonds is 8. The van der Waals surface area contributed by atoms with Gasteiger partial charge >= 0.3 is 6.18 Å². The van der Waals surface area contributed by atoms with Gasteiger partial charge in [-0.3, -0.25) is 14.5 Å². The summed E-state index contributed by atoms with van der Waals surface area (Å²) in [5.74, 6) is -0.409. The van der Waals surface area contributed by atoms with Gasteiger partial charge in [0.1, 0.15) is 12.6 Å². The molecule has 0 bridgehead atoms. The summed E-state index contributed by atoms with van der Waals surface area (Å²) in [5.41, 5.74) is 4.72. The molecule has 1 aliphatic heterocycles. The number of carbonyl (C=O) groups excluding carboxylic acids is 2. The molecule has 3 fully saturated rings. The third-order valence-electron chi connectivity index (χ3n) is 6.50. The summed E-state index contributed by atoms with van der Waals surface area (Å²) < 4.78 is 46.5. The smallest absolute Gasteiger partial charge is 0.370 e. The highest BCUT2D eigenvalue weighted by molar-refractivity contribution is 5.98. The fourth-order valence-electron chi connectivity index (χ4n) is 4.35. The SMILES string of the molecule is NC[C@H](C(=O)Nc1ccc(N2CCOCC2=O)cc1C(F)(F)F)N(CC1CCC1)C1CC1. The average Bonchev–Trinajstić information content (AvgIpc) is 3.55. The van der Waals surface area contributed by atoms with Crippen LogP contribution >= 0.6 is 0 Å². The molecule has 32 heavy (non-hydrogen) atoms. The van der Waals surface area contributed by atoms with Crippen LogP contribution in [-0.2, 0) is 20.5 Å². The average molecular weight is 454 g/mol. The largest absolute Gasteiger partial charge is 0.418 e.